The zero-order valence-corrected chi connectivity index (χ0v) is 8.30. The minimum absolute atomic E-state index is 0.183. The summed E-state index contributed by atoms with van der Waals surface area (Å²) in [5, 5.41) is 17.1. The number of aromatic carboxylic acids is 2. The molecule has 0 spiro atoms. The van der Waals surface area contributed by atoms with E-state index >= 15 is 0 Å². The molecule has 0 amide bonds. The fourth-order valence-corrected chi connectivity index (χ4v) is 1.56. The Bertz CT molecular complexity index is 373. The van der Waals surface area contributed by atoms with E-state index in [2.05, 4.69) is 0 Å². The van der Waals surface area contributed by atoms with Gasteiger partial charge in [-0.15, -0.1) is 0 Å². The number of hydrogen-bond donors (Lipinski definition) is 3. The minimum atomic E-state index is -3.10. The predicted octanol–water partition coefficient (Wildman–Crippen LogP) is 0.175. The standard InChI is InChI=1S/C8H7O6P/c9-7(10)4-1-5(8(11)12)3-6(2-4)15(13)14/h1-3,15H,(H,9,10)(H,11,12)(H,13,14). The summed E-state index contributed by atoms with van der Waals surface area (Å²) in [6.07, 6.45) is 0. The molecule has 0 bridgehead atoms. The summed E-state index contributed by atoms with van der Waals surface area (Å²) in [7, 11) is -3.10. The highest BCUT2D eigenvalue weighted by Gasteiger charge is 2.13. The molecule has 0 aliphatic heterocycles. The van der Waals surface area contributed by atoms with Gasteiger partial charge in [-0.3, -0.25) is 4.57 Å². The third-order valence-electron chi connectivity index (χ3n) is 1.67. The van der Waals surface area contributed by atoms with E-state index in [0.717, 1.165) is 18.2 Å². The van der Waals surface area contributed by atoms with Crippen molar-refractivity contribution in [2.75, 3.05) is 0 Å². The molecule has 0 aliphatic carbocycles. The van der Waals surface area contributed by atoms with Crippen LogP contribution < -0.4 is 5.30 Å². The van der Waals surface area contributed by atoms with Crippen molar-refractivity contribution in [2.45, 2.75) is 0 Å². The van der Waals surface area contributed by atoms with Crippen molar-refractivity contribution in [3.63, 3.8) is 0 Å². The second-order valence-electron chi connectivity index (χ2n) is 2.71. The molecule has 80 valence electrons. The summed E-state index contributed by atoms with van der Waals surface area (Å²) >= 11 is 0. The normalized spacial score (nSPS) is 12.1. The Morgan fingerprint density at radius 3 is 1.67 bits per heavy atom. The van der Waals surface area contributed by atoms with E-state index in [-0.39, 0.29) is 16.4 Å². The van der Waals surface area contributed by atoms with Gasteiger partial charge in [0.05, 0.1) is 11.1 Å². The maximum Gasteiger partial charge on any atom is 0.335 e. The number of carboxylic acid groups (broad SMARTS) is 2. The number of benzene rings is 1. The van der Waals surface area contributed by atoms with Crippen molar-refractivity contribution < 1.29 is 29.3 Å². The van der Waals surface area contributed by atoms with Crippen LogP contribution in [0.3, 0.4) is 0 Å². The maximum absolute atomic E-state index is 10.7. The molecule has 1 aromatic rings. The van der Waals surface area contributed by atoms with Gasteiger partial charge in [-0.25, -0.2) is 9.59 Å². The molecule has 1 atom stereocenters. The van der Waals surface area contributed by atoms with E-state index < -0.39 is 20.0 Å². The van der Waals surface area contributed by atoms with Gasteiger partial charge in [0.25, 0.3) is 0 Å². The number of carboxylic acids is 2. The Kier molecular flexibility index (Phi) is 3.24. The molecule has 1 rings (SSSR count). The van der Waals surface area contributed by atoms with Crippen LogP contribution in [0.1, 0.15) is 20.7 Å². The fourth-order valence-electron chi connectivity index (χ4n) is 0.998. The molecule has 7 heteroatoms. The van der Waals surface area contributed by atoms with E-state index in [9.17, 15) is 14.2 Å². The molecule has 15 heavy (non-hydrogen) atoms. The molecule has 1 aromatic carbocycles. The Morgan fingerprint density at radius 2 is 1.40 bits per heavy atom. The lowest BCUT2D eigenvalue weighted by Crippen LogP contribution is -2.09. The van der Waals surface area contributed by atoms with Gasteiger partial charge in [0, 0.05) is 5.30 Å². The molecule has 0 saturated carbocycles. The van der Waals surface area contributed by atoms with Gasteiger partial charge in [-0.05, 0) is 18.2 Å². The third kappa shape index (κ3) is 2.65. The molecule has 0 aliphatic rings. The van der Waals surface area contributed by atoms with E-state index in [1.54, 1.807) is 0 Å². The molecule has 0 radical (unpaired) electrons. The van der Waals surface area contributed by atoms with E-state index in [1.165, 1.54) is 0 Å². The van der Waals surface area contributed by atoms with Crippen LogP contribution in [-0.2, 0) is 4.57 Å². The molecule has 0 fully saturated rings. The first-order valence-electron chi connectivity index (χ1n) is 3.77. The van der Waals surface area contributed by atoms with Gasteiger partial charge in [0.2, 0.25) is 8.03 Å². The molecule has 3 N–H and O–H groups in total. The van der Waals surface area contributed by atoms with Crippen LogP contribution in [0.25, 0.3) is 0 Å². The van der Waals surface area contributed by atoms with Gasteiger partial charge in [-0.2, -0.15) is 0 Å². The van der Waals surface area contributed by atoms with Crippen LogP contribution in [0, 0.1) is 0 Å². The summed E-state index contributed by atoms with van der Waals surface area (Å²) in [5.74, 6) is -2.69. The quantitative estimate of drug-likeness (QED) is 0.638. The summed E-state index contributed by atoms with van der Waals surface area (Å²) in [5.41, 5.74) is -0.644. The topological polar surface area (TPSA) is 112 Å². The lowest BCUT2D eigenvalue weighted by atomic mass is 10.1. The smallest absolute Gasteiger partial charge is 0.335 e. The SMILES string of the molecule is O=C(O)c1cc(C(=O)O)cc([PH](=O)O)c1. The summed E-state index contributed by atoms with van der Waals surface area (Å²) < 4.78 is 10.7. The Hall–Kier alpha value is -1.65. The van der Waals surface area contributed by atoms with Crippen molar-refractivity contribution >= 4 is 25.3 Å². The van der Waals surface area contributed by atoms with Crippen molar-refractivity contribution in [3.8, 4) is 0 Å². The Morgan fingerprint density at radius 1 is 1.00 bits per heavy atom. The monoisotopic (exact) mass is 230 g/mol. The summed E-state index contributed by atoms with van der Waals surface area (Å²) in [4.78, 5) is 30.0. The number of carbonyl (C=O) groups is 2. The molecular formula is C8H7O6P. The summed E-state index contributed by atoms with van der Waals surface area (Å²) in [6.45, 7) is 0. The predicted molar refractivity (Wildman–Crippen MR) is 51.2 cm³/mol. The number of rotatable bonds is 3. The third-order valence-corrected chi connectivity index (χ3v) is 2.46. The van der Waals surface area contributed by atoms with Crippen molar-refractivity contribution in [2.24, 2.45) is 0 Å². The molecule has 0 saturated heterocycles. The van der Waals surface area contributed by atoms with E-state index in [4.69, 9.17) is 15.1 Å². The Balaban J connectivity index is 3.39. The van der Waals surface area contributed by atoms with E-state index in [1.807, 2.05) is 0 Å². The van der Waals surface area contributed by atoms with Gasteiger partial charge >= 0.3 is 11.9 Å². The number of hydrogen-bond acceptors (Lipinski definition) is 3. The molecular weight excluding hydrogens is 223 g/mol. The second-order valence-corrected chi connectivity index (χ2v) is 3.90. The van der Waals surface area contributed by atoms with Crippen molar-refractivity contribution in [3.05, 3.63) is 29.3 Å². The molecule has 1 unspecified atom stereocenters. The van der Waals surface area contributed by atoms with Crippen LogP contribution in [-0.4, -0.2) is 27.0 Å². The zero-order valence-electron chi connectivity index (χ0n) is 7.30. The average Bonchev–Trinajstić information content (AvgIpc) is 2.16. The van der Waals surface area contributed by atoms with Crippen molar-refractivity contribution in [1.82, 2.24) is 0 Å². The minimum Gasteiger partial charge on any atom is -0.478 e. The highest BCUT2D eigenvalue weighted by atomic mass is 31.1. The van der Waals surface area contributed by atoms with Gasteiger partial charge in [0.1, 0.15) is 0 Å². The first-order valence-corrected chi connectivity index (χ1v) is 5.12. The van der Waals surface area contributed by atoms with Gasteiger partial charge < -0.3 is 15.1 Å². The largest absolute Gasteiger partial charge is 0.478 e. The fraction of sp³-hybridized carbons (Fsp3) is 0. The highest BCUT2D eigenvalue weighted by molar-refractivity contribution is 7.47. The average molecular weight is 230 g/mol. The molecule has 0 heterocycles. The van der Waals surface area contributed by atoms with Gasteiger partial charge in [-0.1, -0.05) is 0 Å². The van der Waals surface area contributed by atoms with Crippen LogP contribution in [0.2, 0.25) is 0 Å². The van der Waals surface area contributed by atoms with Gasteiger partial charge in [0.15, 0.2) is 0 Å². The zero-order chi connectivity index (χ0) is 11.6. The van der Waals surface area contributed by atoms with Crippen LogP contribution >= 0.6 is 8.03 Å². The van der Waals surface area contributed by atoms with Crippen molar-refractivity contribution in [1.29, 1.82) is 0 Å². The Labute approximate surface area is 84.7 Å². The summed E-state index contributed by atoms with van der Waals surface area (Å²) in [6, 6.07) is 2.89. The molecule has 0 aromatic heterocycles. The lowest BCUT2D eigenvalue weighted by molar-refractivity contribution is 0.0696. The second kappa shape index (κ2) is 4.25. The van der Waals surface area contributed by atoms with Crippen LogP contribution in [0.5, 0.6) is 0 Å². The maximum atomic E-state index is 10.7. The van der Waals surface area contributed by atoms with E-state index in [0.29, 0.717) is 0 Å². The van der Waals surface area contributed by atoms with Crippen LogP contribution in [0.4, 0.5) is 0 Å². The highest BCUT2D eigenvalue weighted by Crippen LogP contribution is 2.16. The lowest BCUT2D eigenvalue weighted by Gasteiger charge is -2.01. The van der Waals surface area contributed by atoms with Crippen LogP contribution in [0.15, 0.2) is 18.2 Å². The first-order chi connectivity index (χ1) is 6.91. The first kappa shape index (κ1) is 11.4. The molecule has 6 nitrogen and oxygen atoms in total.